The van der Waals surface area contributed by atoms with Gasteiger partial charge in [0.2, 0.25) is 11.8 Å². The lowest BCUT2D eigenvalue weighted by Gasteiger charge is -2.08. The summed E-state index contributed by atoms with van der Waals surface area (Å²) < 4.78 is 0. The van der Waals surface area contributed by atoms with Crippen LogP contribution in [0.25, 0.3) is 0 Å². The summed E-state index contributed by atoms with van der Waals surface area (Å²) in [5.74, 6) is -0.865. The van der Waals surface area contributed by atoms with Crippen LogP contribution in [0.5, 0.6) is 0 Å². The second-order valence-electron chi connectivity index (χ2n) is 3.79. The van der Waals surface area contributed by atoms with Crippen molar-refractivity contribution in [3.63, 3.8) is 0 Å². The molecule has 0 bridgehead atoms. The zero-order chi connectivity index (χ0) is 13.0. The molecule has 1 unspecified atom stereocenters. The van der Waals surface area contributed by atoms with Gasteiger partial charge in [-0.05, 0) is 25.1 Å². The highest BCUT2D eigenvalue weighted by molar-refractivity contribution is 6.33. The van der Waals surface area contributed by atoms with Gasteiger partial charge >= 0.3 is 0 Å². The van der Waals surface area contributed by atoms with Crippen molar-refractivity contribution in [3.05, 3.63) is 28.8 Å². The average Bonchev–Trinajstić information content (AvgIpc) is 2.19. The summed E-state index contributed by atoms with van der Waals surface area (Å²) in [6.45, 7) is 1.73. The van der Waals surface area contributed by atoms with Gasteiger partial charge in [-0.2, -0.15) is 0 Å². The van der Waals surface area contributed by atoms with Crippen molar-refractivity contribution in [2.75, 3.05) is 5.32 Å². The van der Waals surface area contributed by atoms with Gasteiger partial charge in [-0.1, -0.05) is 11.6 Å². The summed E-state index contributed by atoms with van der Waals surface area (Å²) >= 11 is 5.78. The number of hydrogen-bond acceptors (Lipinski definition) is 3. The lowest BCUT2D eigenvalue weighted by Crippen LogP contribution is -2.24. The Morgan fingerprint density at radius 3 is 2.65 bits per heavy atom. The number of carbonyl (C=O) groups excluding carboxylic acids is 2. The molecule has 0 saturated heterocycles. The molecule has 2 amide bonds. The first kappa shape index (κ1) is 13.5. The quantitative estimate of drug-likeness (QED) is 0.752. The van der Waals surface area contributed by atoms with Crippen LogP contribution in [0, 0.1) is 0 Å². The molecule has 0 aliphatic rings. The van der Waals surface area contributed by atoms with Crippen molar-refractivity contribution in [2.24, 2.45) is 11.5 Å². The zero-order valence-electron chi connectivity index (χ0n) is 9.37. The van der Waals surface area contributed by atoms with Gasteiger partial charge in [0.25, 0.3) is 0 Å². The number of benzene rings is 1. The third-order valence-corrected chi connectivity index (χ3v) is 2.35. The Bertz CT molecular complexity index is 446. The fourth-order valence-corrected chi connectivity index (χ4v) is 1.51. The second kappa shape index (κ2) is 5.65. The molecular formula is C11H14ClN3O2. The van der Waals surface area contributed by atoms with Gasteiger partial charge in [-0.15, -0.1) is 0 Å². The van der Waals surface area contributed by atoms with Crippen LogP contribution < -0.4 is 16.8 Å². The molecule has 0 saturated carbocycles. The molecule has 0 aliphatic heterocycles. The minimum atomic E-state index is -0.640. The molecule has 0 fully saturated rings. The van der Waals surface area contributed by atoms with Crippen LogP contribution in [-0.2, 0) is 4.79 Å². The standard InChI is InChI=1S/C11H14ClN3O2/c1-6(13)4-10(16)15-7-2-3-9(12)8(5-7)11(14)17/h2-3,5-6H,4,13H2,1H3,(H2,14,17)(H,15,16). The monoisotopic (exact) mass is 255 g/mol. The molecule has 0 spiro atoms. The van der Waals surface area contributed by atoms with Gasteiger partial charge in [0.1, 0.15) is 0 Å². The van der Waals surface area contributed by atoms with E-state index in [9.17, 15) is 9.59 Å². The van der Waals surface area contributed by atoms with Crippen molar-refractivity contribution in [1.82, 2.24) is 0 Å². The van der Waals surface area contributed by atoms with Crippen LogP contribution in [0.3, 0.4) is 0 Å². The van der Waals surface area contributed by atoms with Crippen molar-refractivity contribution in [3.8, 4) is 0 Å². The Morgan fingerprint density at radius 2 is 2.12 bits per heavy atom. The summed E-state index contributed by atoms with van der Waals surface area (Å²) in [6.07, 6.45) is 0.203. The molecular weight excluding hydrogens is 242 g/mol. The summed E-state index contributed by atoms with van der Waals surface area (Å²) in [5.41, 5.74) is 11.3. The van der Waals surface area contributed by atoms with Gasteiger partial charge in [0, 0.05) is 18.2 Å². The SMILES string of the molecule is CC(N)CC(=O)Nc1ccc(Cl)c(C(N)=O)c1. The van der Waals surface area contributed by atoms with E-state index in [0.29, 0.717) is 5.69 Å². The molecule has 92 valence electrons. The number of amides is 2. The maximum absolute atomic E-state index is 11.4. The van der Waals surface area contributed by atoms with E-state index in [1.54, 1.807) is 13.0 Å². The van der Waals surface area contributed by atoms with Crippen LogP contribution in [0.1, 0.15) is 23.7 Å². The first-order chi connectivity index (χ1) is 7.90. The summed E-state index contributed by atoms with van der Waals surface area (Å²) in [5, 5.41) is 2.86. The minimum Gasteiger partial charge on any atom is -0.366 e. The predicted molar refractivity (Wildman–Crippen MR) is 66.9 cm³/mol. The van der Waals surface area contributed by atoms with Crippen LogP contribution in [0.15, 0.2) is 18.2 Å². The Morgan fingerprint density at radius 1 is 1.47 bits per heavy atom. The molecule has 0 radical (unpaired) electrons. The molecule has 1 rings (SSSR count). The topological polar surface area (TPSA) is 98.2 Å². The average molecular weight is 256 g/mol. The van der Waals surface area contributed by atoms with Gasteiger partial charge < -0.3 is 16.8 Å². The first-order valence-corrected chi connectivity index (χ1v) is 5.42. The van der Waals surface area contributed by atoms with E-state index in [4.69, 9.17) is 23.1 Å². The summed E-state index contributed by atoms with van der Waals surface area (Å²) in [6, 6.07) is 4.30. The molecule has 1 aromatic carbocycles. The number of anilines is 1. The third kappa shape index (κ3) is 4.05. The summed E-state index contributed by atoms with van der Waals surface area (Å²) in [7, 11) is 0. The molecule has 0 heterocycles. The molecule has 6 heteroatoms. The molecule has 17 heavy (non-hydrogen) atoms. The van der Waals surface area contributed by atoms with E-state index in [2.05, 4.69) is 5.32 Å². The Hall–Kier alpha value is -1.59. The Kier molecular flexibility index (Phi) is 4.48. The molecule has 5 N–H and O–H groups in total. The number of rotatable bonds is 4. The zero-order valence-corrected chi connectivity index (χ0v) is 10.1. The lowest BCUT2D eigenvalue weighted by atomic mass is 10.2. The van der Waals surface area contributed by atoms with Crippen molar-refractivity contribution < 1.29 is 9.59 Å². The number of hydrogen-bond donors (Lipinski definition) is 3. The molecule has 1 atom stereocenters. The minimum absolute atomic E-state index is 0.172. The number of nitrogens with two attached hydrogens (primary N) is 2. The van der Waals surface area contributed by atoms with Crippen LogP contribution in [0.2, 0.25) is 5.02 Å². The van der Waals surface area contributed by atoms with Crippen molar-refractivity contribution in [2.45, 2.75) is 19.4 Å². The number of carbonyl (C=O) groups is 2. The Labute approximate surface area is 104 Å². The molecule has 1 aromatic rings. The largest absolute Gasteiger partial charge is 0.366 e. The third-order valence-electron chi connectivity index (χ3n) is 2.02. The second-order valence-corrected chi connectivity index (χ2v) is 4.20. The van der Waals surface area contributed by atoms with Crippen LogP contribution >= 0.6 is 11.6 Å². The van der Waals surface area contributed by atoms with Gasteiger partial charge in [-0.3, -0.25) is 9.59 Å². The van der Waals surface area contributed by atoms with E-state index in [-0.39, 0.29) is 29.0 Å². The fraction of sp³-hybridized carbons (Fsp3) is 0.273. The van der Waals surface area contributed by atoms with E-state index < -0.39 is 5.91 Å². The summed E-state index contributed by atoms with van der Waals surface area (Å²) in [4.78, 5) is 22.5. The van der Waals surface area contributed by atoms with Gasteiger partial charge in [-0.25, -0.2) is 0 Å². The van der Waals surface area contributed by atoms with Crippen LogP contribution in [-0.4, -0.2) is 17.9 Å². The van der Waals surface area contributed by atoms with Crippen molar-refractivity contribution in [1.29, 1.82) is 0 Å². The van der Waals surface area contributed by atoms with Crippen molar-refractivity contribution >= 4 is 29.1 Å². The van der Waals surface area contributed by atoms with Gasteiger partial charge in [0.15, 0.2) is 0 Å². The maximum Gasteiger partial charge on any atom is 0.250 e. The number of nitrogens with one attached hydrogen (secondary N) is 1. The number of halogens is 1. The first-order valence-electron chi connectivity index (χ1n) is 5.05. The maximum atomic E-state index is 11.4. The highest BCUT2D eigenvalue weighted by Gasteiger charge is 2.10. The van der Waals surface area contributed by atoms with Gasteiger partial charge in [0.05, 0.1) is 10.6 Å². The van der Waals surface area contributed by atoms with E-state index in [0.717, 1.165) is 0 Å². The van der Waals surface area contributed by atoms with E-state index in [1.807, 2.05) is 0 Å². The smallest absolute Gasteiger partial charge is 0.250 e. The Balaban J connectivity index is 2.82. The molecule has 5 nitrogen and oxygen atoms in total. The normalized spacial score (nSPS) is 11.9. The predicted octanol–water partition coefficient (Wildman–Crippen LogP) is 1.11. The fourth-order valence-electron chi connectivity index (χ4n) is 1.30. The lowest BCUT2D eigenvalue weighted by molar-refractivity contribution is -0.116. The highest BCUT2D eigenvalue weighted by Crippen LogP contribution is 2.20. The van der Waals surface area contributed by atoms with E-state index in [1.165, 1.54) is 12.1 Å². The number of primary amides is 1. The molecule has 0 aromatic heterocycles. The molecule has 0 aliphatic carbocycles. The van der Waals surface area contributed by atoms with E-state index >= 15 is 0 Å². The highest BCUT2D eigenvalue weighted by atomic mass is 35.5. The van der Waals surface area contributed by atoms with Crippen LogP contribution in [0.4, 0.5) is 5.69 Å².